The lowest BCUT2D eigenvalue weighted by molar-refractivity contribution is 0.572. The number of hydrogen-bond acceptors (Lipinski definition) is 3. The van der Waals surface area contributed by atoms with Gasteiger partial charge in [0.15, 0.2) is 0 Å². The molecule has 0 radical (unpaired) electrons. The third-order valence-corrected chi connectivity index (χ3v) is 3.07. The second-order valence-electron chi connectivity index (χ2n) is 4.34. The van der Waals surface area contributed by atoms with Crippen molar-refractivity contribution in [2.75, 3.05) is 0 Å². The predicted molar refractivity (Wildman–Crippen MR) is 68.3 cm³/mol. The summed E-state index contributed by atoms with van der Waals surface area (Å²) in [5.74, 6) is 5.69. The maximum absolute atomic E-state index is 5.69. The van der Waals surface area contributed by atoms with Gasteiger partial charge in [0, 0.05) is 13.2 Å². The van der Waals surface area contributed by atoms with Crippen LogP contribution in [0.3, 0.4) is 0 Å². The Morgan fingerprint density at radius 2 is 2.06 bits per heavy atom. The minimum absolute atomic E-state index is 0.0256. The molecule has 1 atom stereocenters. The highest BCUT2D eigenvalue weighted by atomic mass is 15.3. The summed E-state index contributed by atoms with van der Waals surface area (Å²) < 4.78 is 1.84. The highest BCUT2D eigenvalue weighted by Crippen LogP contribution is 2.24. The fourth-order valence-electron chi connectivity index (χ4n) is 2.07. The van der Waals surface area contributed by atoms with Crippen molar-refractivity contribution in [1.29, 1.82) is 0 Å². The standard InChI is InChI=1S/C13H18N4/c1-9-4-5-10(2)11(8-9)13(16-14)12-6-7-15-17(12)3/h4-8,13,16H,14H2,1-3H3. The van der Waals surface area contributed by atoms with Crippen molar-refractivity contribution in [2.24, 2.45) is 12.9 Å². The van der Waals surface area contributed by atoms with E-state index in [2.05, 4.69) is 42.6 Å². The van der Waals surface area contributed by atoms with Crippen LogP contribution < -0.4 is 11.3 Å². The first-order chi connectivity index (χ1) is 8.13. The molecule has 1 aromatic heterocycles. The summed E-state index contributed by atoms with van der Waals surface area (Å²) in [6.45, 7) is 4.18. The third-order valence-electron chi connectivity index (χ3n) is 3.07. The molecule has 1 unspecified atom stereocenters. The van der Waals surface area contributed by atoms with Gasteiger partial charge in [-0.3, -0.25) is 10.5 Å². The molecule has 17 heavy (non-hydrogen) atoms. The number of aryl methyl sites for hydroxylation is 3. The summed E-state index contributed by atoms with van der Waals surface area (Å²) in [7, 11) is 1.92. The summed E-state index contributed by atoms with van der Waals surface area (Å²) >= 11 is 0. The van der Waals surface area contributed by atoms with Crippen LogP contribution in [0.5, 0.6) is 0 Å². The molecule has 0 bridgehead atoms. The van der Waals surface area contributed by atoms with E-state index in [0.29, 0.717) is 0 Å². The van der Waals surface area contributed by atoms with Crippen LogP contribution in [0.25, 0.3) is 0 Å². The summed E-state index contributed by atoms with van der Waals surface area (Å²) in [6.07, 6.45) is 1.78. The van der Waals surface area contributed by atoms with Gasteiger partial charge in [-0.15, -0.1) is 0 Å². The largest absolute Gasteiger partial charge is 0.271 e. The first kappa shape index (κ1) is 11.8. The molecule has 0 aliphatic heterocycles. The molecule has 2 aromatic rings. The molecule has 4 heteroatoms. The fourth-order valence-corrected chi connectivity index (χ4v) is 2.07. The molecule has 0 spiro atoms. The predicted octanol–water partition coefficient (Wildman–Crippen LogP) is 1.59. The van der Waals surface area contributed by atoms with E-state index in [9.17, 15) is 0 Å². The van der Waals surface area contributed by atoms with Gasteiger partial charge in [0.05, 0.1) is 11.7 Å². The third kappa shape index (κ3) is 2.23. The number of hydrogen-bond donors (Lipinski definition) is 2. The van der Waals surface area contributed by atoms with E-state index < -0.39 is 0 Å². The zero-order valence-electron chi connectivity index (χ0n) is 10.4. The average molecular weight is 230 g/mol. The van der Waals surface area contributed by atoms with E-state index in [1.54, 1.807) is 6.20 Å². The number of nitrogens with one attached hydrogen (secondary N) is 1. The van der Waals surface area contributed by atoms with Gasteiger partial charge < -0.3 is 0 Å². The lowest BCUT2D eigenvalue weighted by atomic mass is 9.97. The molecule has 90 valence electrons. The smallest absolute Gasteiger partial charge is 0.0880 e. The summed E-state index contributed by atoms with van der Waals surface area (Å²) in [5.41, 5.74) is 7.57. The molecule has 0 fully saturated rings. The molecule has 3 N–H and O–H groups in total. The summed E-state index contributed by atoms with van der Waals surface area (Å²) in [4.78, 5) is 0. The van der Waals surface area contributed by atoms with Crippen molar-refractivity contribution in [3.05, 3.63) is 52.8 Å². The monoisotopic (exact) mass is 230 g/mol. The van der Waals surface area contributed by atoms with E-state index in [-0.39, 0.29) is 6.04 Å². The lowest BCUT2D eigenvalue weighted by Gasteiger charge is -2.19. The number of rotatable bonds is 3. The molecule has 0 saturated carbocycles. The van der Waals surface area contributed by atoms with E-state index in [0.717, 1.165) is 5.69 Å². The minimum atomic E-state index is -0.0256. The molecular formula is C13H18N4. The van der Waals surface area contributed by atoms with Crippen molar-refractivity contribution in [3.63, 3.8) is 0 Å². The molecule has 2 rings (SSSR count). The molecule has 4 nitrogen and oxygen atoms in total. The highest BCUT2D eigenvalue weighted by molar-refractivity contribution is 5.37. The molecule has 0 aliphatic carbocycles. The topological polar surface area (TPSA) is 55.9 Å². The molecule has 1 heterocycles. The van der Waals surface area contributed by atoms with Gasteiger partial charge in [-0.2, -0.15) is 5.10 Å². The Morgan fingerprint density at radius 3 is 2.65 bits per heavy atom. The number of hydrazine groups is 1. The summed E-state index contributed by atoms with van der Waals surface area (Å²) in [6, 6.07) is 8.34. The molecule has 0 saturated heterocycles. The number of nitrogens with two attached hydrogens (primary N) is 1. The number of nitrogens with zero attached hydrogens (tertiary/aromatic N) is 2. The van der Waals surface area contributed by atoms with Crippen LogP contribution in [0.2, 0.25) is 0 Å². The SMILES string of the molecule is Cc1ccc(C)c(C(NN)c2ccnn2C)c1. The van der Waals surface area contributed by atoms with Gasteiger partial charge in [0.25, 0.3) is 0 Å². The maximum atomic E-state index is 5.69. The van der Waals surface area contributed by atoms with Crippen molar-refractivity contribution < 1.29 is 0 Å². The van der Waals surface area contributed by atoms with Gasteiger partial charge in [0.1, 0.15) is 0 Å². The van der Waals surface area contributed by atoms with Crippen LogP contribution in [0.15, 0.2) is 30.5 Å². The quantitative estimate of drug-likeness (QED) is 0.622. The Morgan fingerprint density at radius 1 is 1.29 bits per heavy atom. The van der Waals surface area contributed by atoms with Crippen molar-refractivity contribution >= 4 is 0 Å². The first-order valence-electron chi connectivity index (χ1n) is 5.64. The second-order valence-corrected chi connectivity index (χ2v) is 4.34. The first-order valence-corrected chi connectivity index (χ1v) is 5.64. The minimum Gasteiger partial charge on any atom is -0.271 e. The maximum Gasteiger partial charge on any atom is 0.0880 e. The Hall–Kier alpha value is -1.65. The van der Waals surface area contributed by atoms with Crippen LogP contribution >= 0.6 is 0 Å². The molecular weight excluding hydrogens is 212 g/mol. The van der Waals surface area contributed by atoms with Gasteiger partial charge in [-0.05, 0) is 31.0 Å². The van der Waals surface area contributed by atoms with Gasteiger partial charge in [-0.1, -0.05) is 23.8 Å². The number of aromatic nitrogens is 2. The van der Waals surface area contributed by atoms with Crippen LogP contribution in [0, 0.1) is 13.8 Å². The molecule has 1 aromatic carbocycles. The normalized spacial score (nSPS) is 12.7. The van der Waals surface area contributed by atoms with Crippen LogP contribution in [-0.4, -0.2) is 9.78 Å². The average Bonchev–Trinajstić information content (AvgIpc) is 2.71. The van der Waals surface area contributed by atoms with E-state index in [4.69, 9.17) is 5.84 Å². The Labute approximate surface area is 101 Å². The number of benzene rings is 1. The fraction of sp³-hybridized carbons (Fsp3) is 0.308. The van der Waals surface area contributed by atoms with Gasteiger partial charge in [-0.25, -0.2) is 5.43 Å². The van der Waals surface area contributed by atoms with Crippen LogP contribution in [0.1, 0.15) is 28.4 Å². The zero-order valence-corrected chi connectivity index (χ0v) is 10.4. The van der Waals surface area contributed by atoms with Gasteiger partial charge in [0.2, 0.25) is 0 Å². The Balaban J connectivity index is 2.49. The van der Waals surface area contributed by atoms with Crippen molar-refractivity contribution in [3.8, 4) is 0 Å². The second kappa shape index (κ2) is 4.69. The van der Waals surface area contributed by atoms with Crippen molar-refractivity contribution in [2.45, 2.75) is 19.9 Å². The van der Waals surface area contributed by atoms with E-state index in [1.807, 2.05) is 17.8 Å². The van der Waals surface area contributed by atoms with Crippen LogP contribution in [-0.2, 0) is 7.05 Å². The highest BCUT2D eigenvalue weighted by Gasteiger charge is 2.17. The van der Waals surface area contributed by atoms with Crippen molar-refractivity contribution in [1.82, 2.24) is 15.2 Å². The Bertz CT molecular complexity index is 516. The molecule has 0 aliphatic rings. The van der Waals surface area contributed by atoms with E-state index in [1.165, 1.54) is 16.7 Å². The van der Waals surface area contributed by atoms with E-state index >= 15 is 0 Å². The van der Waals surface area contributed by atoms with Crippen LogP contribution in [0.4, 0.5) is 0 Å². The zero-order chi connectivity index (χ0) is 12.4. The molecule has 0 amide bonds. The Kier molecular flexibility index (Phi) is 3.26. The lowest BCUT2D eigenvalue weighted by Crippen LogP contribution is -2.31. The summed E-state index contributed by atoms with van der Waals surface area (Å²) in [5, 5.41) is 4.18. The van der Waals surface area contributed by atoms with Gasteiger partial charge >= 0.3 is 0 Å².